The highest BCUT2D eigenvalue weighted by Crippen LogP contribution is 2.16. The van der Waals surface area contributed by atoms with Gasteiger partial charge in [-0.25, -0.2) is 0 Å². The van der Waals surface area contributed by atoms with Gasteiger partial charge in [-0.3, -0.25) is 0 Å². The molecule has 1 radical (unpaired) electrons. The molecule has 83 valence electrons. The van der Waals surface area contributed by atoms with Crippen LogP contribution in [0.5, 0.6) is 5.75 Å². The van der Waals surface area contributed by atoms with Gasteiger partial charge >= 0.3 is 0 Å². The quantitative estimate of drug-likeness (QED) is 0.601. The summed E-state index contributed by atoms with van der Waals surface area (Å²) in [6.45, 7) is 5.86. The zero-order chi connectivity index (χ0) is 10.9. The molecule has 1 heteroatoms. The van der Waals surface area contributed by atoms with Crippen LogP contribution in [0, 0.1) is 6.61 Å². The van der Waals surface area contributed by atoms with E-state index in [4.69, 9.17) is 4.74 Å². The van der Waals surface area contributed by atoms with E-state index in [1.165, 1.54) is 37.7 Å². The van der Waals surface area contributed by atoms with Crippen LogP contribution in [0.15, 0.2) is 24.3 Å². The first-order valence-corrected chi connectivity index (χ1v) is 5.90. The van der Waals surface area contributed by atoms with E-state index in [1.54, 1.807) is 6.61 Å². The van der Waals surface area contributed by atoms with Gasteiger partial charge in [0.1, 0.15) is 12.4 Å². The van der Waals surface area contributed by atoms with Gasteiger partial charge in [-0.05, 0) is 37.5 Å². The highest BCUT2D eigenvalue weighted by atomic mass is 16.5. The summed E-state index contributed by atoms with van der Waals surface area (Å²) >= 11 is 0. The molecule has 0 unspecified atom stereocenters. The van der Waals surface area contributed by atoms with Crippen molar-refractivity contribution in [1.29, 1.82) is 0 Å². The van der Waals surface area contributed by atoms with E-state index in [2.05, 4.69) is 25.1 Å². The number of unbranched alkanes of at least 4 members (excludes halogenated alkanes) is 3. The van der Waals surface area contributed by atoms with Gasteiger partial charge in [0.2, 0.25) is 0 Å². The first-order chi connectivity index (χ1) is 7.36. The maximum Gasteiger partial charge on any atom is 0.132 e. The predicted molar refractivity (Wildman–Crippen MR) is 64.9 cm³/mol. The van der Waals surface area contributed by atoms with E-state index in [9.17, 15) is 0 Å². The summed E-state index contributed by atoms with van der Waals surface area (Å²) in [7, 11) is 0. The second-order valence-corrected chi connectivity index (χ2v) is 3.81. The Kier molecular flexibility index (Phi) is 5.91. The van der Waals surface area contributed by atoms with Crippen molar-refractivity contribution in [2.24, 2.45) is 0 Å². The molecule has 0 saturated heterocycles. The number of rotatable bonds is 7. The molecule has 0 heterocycles. The summed E-state index contributed by atoms with van der Waals surface area (Å²) in [5.74, 6) is 0.950. The van der Waals surface area contributed by atoms with Crippen LogP contribution < -0.4 is 4.74 Å². The fourth-order valence-electron chi connectivity index (χ4n) is 1.67. The lowest BCUT2D eigenvalue weighted by molar-refractivity contribution is 0.416. The summed E-state index contributed by atoms with van der Waals surface area (Å²) in [6.07, 6.45) is 6.43. The van der Waals surface area contributed by atoms with Crippen molar-refractivity contribution in [2.75, 3.05) is 0 Å². The Morgan fingerprint density at radius 2 is 2.07 bits per heavy atom. The number of hydrogen-bond donors (Lipinski definition) is 0. The van der Waals surface area contributed by atoms with Crippen LogP contribution in [0.25, 0.3) is 0 Å². The fourth-order valence-corrected chi connectivity index (χ4v) is 1.67. The molecule has 1 nitrogen and oxygen atoms in total. The van der Waals surface area contributed by atoms with Gasteiger partial charge in [-0.1, -0.05) is 38.3 Å². The molecule has 1 aromatic rings. The second-order valence-electron chi connectivity index (χ2n) is 3.81. The third-order valence-corrected chi connectivity index (χ3v) is 2.47. The third kappa shape index (κ3) is 4.87. The van der Waals surface area contributed by atoms with Crippen molar-refractivity contribution in [3.8, 4) is 5.75 Å². The minimum Gasteiger partial charge on any atom is -0.487 e. The number of aryl methyl sites for hydroxylation is 1. The van der Waals surface area contributed by atoms with Crippen molar-refractivity contribution in [3.63, 3.8) is 0 Å². The molecule has 0 spiro atoms. The largest absolute Gasteiger partial charge is 0.487 e. The molecule has 0 bridgehead atoms. The lowest BCUT2D eigenvalue weighted by Crippen LogP contribution is -1.89. The van der Waals surface area contributed by atoms with Crippen molar-refractivity contribution in [2.45, 2.75) is 46.0 Å². The third-order valence-electron chi connectivity index (χ3n) is 2.47. The second kappa shape index (κ2) is 7.33. The van der Waals surface area contributed by atoms with Crippen LogP contribution in [0.3, 0.4) is 0 Å². The van der Waals surface area contributed by atoms with E-state index in [-0.39, 0.29) is 0 Å². The Morgan fingerprint density at radius 3 is 2.80 bits per heavy atom. The van der Waals surface area contributed by atoms with Gasteiger partial charge in [-0.2, -0.15) is 0 Å². The van der Waals surface area contributed by atoms with Crippen LogP contribution >= 0.6 is 0 Å². The Hall–Kier alpha value is -0.980. The fraction of sp³-hybridized carbons (Fsp3) is 0.500. The maximum absolute atomic E-state index is 5.35. The molecule has 1 rings (SSSR count). The molecule has 0 aromatic heterocycles. The van der Waals surface area contributed by atoms with E-state index < -0.39 is 0 Å². The molecule has 0 aliphatic rings. The Labute approximate surface area is 93.5 Å². The van der Waals surface area contributed by atoms with E-state index >= 15 is 0 Å². The summed E-state index contributed by atoms with van der Waals surface area (Å²) < 4.78 is 5.35. The standard InChI is InChI=1S/C14H21O/c1-3-5-6-7-9-13-10-8-11-14(12-13)15-4-2/h4,8,10-12H,3,5-7,9H2,1-2H3. The highest BCUT2D eigenvalue weighted by molar-refractivity contribution is 5.28. The van der Waals surface area contributed by atoms with Gasteiger partial charge in [-0.15, -0.1) is 0 Å². The van der Waals surface area contributed by atoms with Gasteiger partial charge in [0.05, 0.1) is 0 Å². The molecule has 0 aliphatic carbocycles. The minimum atomic E-state index is 0.950. The number of benzene rings is 1. The molecular formula is C14H21O. The summed E-state index contributed by atoms with van der Waals surface area (Å²) in [4.78, 5) is 0. The average molecular weight is 205 g/mol. The highest BCUT2D eigenvalue weighted by Gasteiger charge is 1.96. The summed E-state index contributed by atoms with van der Waals surface area (Å²) in [5, 5.41) is 0. The van der Waals surface area contributed by atoms with E-state index in [0.29, 0.717) is 0 Å². The lowest BCUT2D eigenvalue weighted by Gasteiger charge is -2.05. The van der Waals surface area contributed by atoms with Crippen molar-refractivity contribution in [1.82, 2.24) is 0 Å². The van der Waals surface area contributed by atoms with Gasteiger partial charge < -0.3 is 4.74 Å². The molecule has 1 aromatic carbocycles. The van der Waals surface area contributed by atoms with Crippen molar-refractivity contribution in [3.05, 3.63) is 36.4 Å². The van der Waals surface area contributed by atoms with Crippen molar-refractivity contribution < 1.29 is 4.74 Å². The molecule has 0 saturated carbocycles. The maximum atomic E-state index is 5.35. The SMILES string of the molecule is C[CH]Oc1cccc(CCCCCC)c1. The predicted octanol–water partition coefficient (Wildman–Crippen LogP) is 4.37. The van der Waals surface area contributed by atoms with E-state index in [0.717, 1.165) is 5.75 Å². The van der Waals surface area contributed by atoms with Crippen LogP contribution in [0.2, 0.25) is 0 Å². The summed E-state index contributed by atoms with van der Waals surface area (Å²) in [6, 6.07) is 8.37. The normalized spacial score (nSPS) is 10.3. The zero-order valence-corrected chi connectivity index (χ0v) is 9.83. The topological polar surface area (TPSA) is 9.23 Å². The Bertz CT molecular complexity index is 268. The smallest absolute Gasteiger partial charge is 0.132 e. The summed E-state index contributed by atoms with van der Waals surface area (Å²) in [5.41, 5.74) is 1.38. The molecule has 0 aliphatic heterocycles. The van der Waals surface area contributed by atoms with Crippen LogP contribution in [0.4, 0.5) is 0 Å². The molecule has 0 atom stereocenters. The van der Waals surface area contributed by atoms with Crippen LogP contribution in [-0.4, -0.2) is 0 Å². The molecular weight excluding hydrogens is 184 g/mol. The average Bonchev–Trinajstić information content (AvgIpc) is 2.26. The van der Waals surface area contributed by atoms with Gasteiger partial charge in [0.15, 0.2) is 0 Å². The Balaban J connectivity index is 2.36. The Morgan fingerprint density at radius 1 is 1.20 bits per heavy atom. The first kappa shape index (κ1) is 12.1. The molecule has 0 amide bonds. The van der Waals surface area contributed by atoms with Crippen LogP contribution in [0.1, 0.15) is 45.1 Å². The monoisotopic (exact) mass is 205 g/mol. The van der Waals surface area contributed by atoms with Crippen molar-refractivity contribution >= 4 is 0 Å². The van der Waals surface area contributed by atoms with Crippen LogP contribution in [-0.2, 0) is 6.42 Å². The molecule has 0 fully saturated rings. The molecule has 0 N–H and O–H groups in total. The first-order valence-electron chi connectivity index (χ1n) is 5.90. The minimum absolute atomic E-state index is 0.950. The lowest BCUT2D eigenvalue weighted by atomic mass is 10.1. The van der Waals surface area contributed by atoms with E-state index in [1.807, 2.05) is 13.0 Å². The zero-order valence-electron chi connectivity index (χ0n) is 9.83. The van der Waals surface area contributed by atoms with Gasteiger partial charge in [0, 0.05) is 0 Å². The number of hydrogen-bond acceptors (Lipinski definition) is 1. The number of ether oxygens (including phenoxy) is 1. The van der Waals surface area contributed by atoms with Gasteiger partial charge in [0.25, 0.3) is 0 Å². The molecule has 15 heavy (non-hydrogen) atoms.